The number of β-amino-alcohol motifs (C(OH)–C–C–N with tert-alkyl or cyclic N) is 1. The van der Waals surface area contributed by atoms with Crippen LogP contribution in [0.15, 0.2) is 66.2 Å². The second-order valence-electron chi connectivity index (χ2n) is 8.52. The number of benzene rings is 2. The van der Waals surface area contributed by atoms with E-state index in [0.29, 0.717) is 17.4 Å². The van der Waals surface area contributed by atoms with Crippen LogP contribution in [0.2, 0.25) is 5.02 Å². The molecular weight excluding hydrogens is 454 g/mol. The van der Waals surface area contributed by atoms with Crippen LogP contribution in [0.4, 0.5) is 0 Å². The van der Waals surface area contributed by atoms with Crippen LogP contribution in [-0.2, 0) is 0 Å². The molecule has 2 aliphatic rings. The molecule has 0 radical (unpaired) electrons. The molecule has 176 valence electrons. The van der Waals surface area contributed by atoms with E-state index in [1.165, 1.54) is 11.1 Å². The average molecular weight is 486 g/mol. The third kappa shape index (κ3) is 6.00. The molecule has 1 saturated heterocycles. The third-order valence-corrected chi connectivity index (χ3v) is 8.12. The summed E-state index contributed by atoms with van der Waals surface area (Å²) in [6.45, 7) is 6.75. The molecule has 33 heavy (non-hydrogen) atoms. The minimum Gasteiger partial charge on any atom is -0.395 e. The smallest absolute Gasteiger partial charge is 0.252 e. The standard InChI is InChI=1S/C26H32ClN3O2S/c1-2-22-18-23(26(33-22)28-25(32)20-6-4-3-5-7-20)24(19-8-10-21(27)11-9-19)30-14-12-29(13-15-30)16-17-31/h3-11,18,22,24,26,31H,2,12-17H2,1H3,(H,28,32). The van der Waals surface area contributed by atoms with Crippen LogP contribution in [0.1, 0.15) is 35.3 Å². The highest BCUT2D eigenvalue weighted by Gasteiger charge is 2.37. The quantitative estimate of drug-likeness (QED) is 0.549. The third-order valence-electron chi connectivity index (χ3n) is 6.38. The molecule has 2 aromatic rings. The summed E-state index contributed by atoms with van der Waals surface area (Å²) in [4.78, 5) is 17.8. The fourth-order valence-electron chi connectivity index (χ4n) is 4.60. The van der Waals surface area contributed by atoms with Crippen molar-refractivity contribution < 1.29 is 9.90 Å². The molecule has 7 heteroatoms. The number of piperazine rings is 1. The van der Waals surface area contributed by atoms with Crippen molar-refractivity contribution >= 4 is 29.3 Å². The predicted molar refractivity (Wildman–Crippen MR) is 137 cm³/mol. The van der Waals surface area contributed by atoms with Crippen molar-refractivity contribution in [3.05, 3.63) is 82.4 Å². The maximum atomic E-state index is 13.0. The van der Waals surface area contributed by atoms with Gasteiger partial charge in [0.25, 0.3) is 5.91 Å². The van der Waals surface area contributed by atoms with Crippen molar-refractivity contribution in [2.75, 3.05) is 39.3 Å². The summed E-state index contributed by atoms with van der Waals surface area (Å²) in [6.07, 6.45) is 3.38. The summed E-state index contributed by atoms with van der Waals surface area (Å²) < 4.78 is 0. The summed E-state index contributed by atoms with van der Waals surface area (Å²) >= 11 is 8.03. The maximum Gasteiger partial charge on any atom is 0.252 e. The summed E-state index contributed by atoms with van der Waals surface area (Å²) in [5.74, 6) is -0.0432. The van der Waals surface area contributed by atoms with E-state index in [2.05, 4.69) is 40.2 Å². The zero-order valence-corrected chi connectivity index (χ0v) is 20.6. The summed E-state index contributed by atoms with van der Waals surface area (Å²) in [5, 5.41) is 13.6. The minimum atomic E-state index is -0.0844. The minimum absolute atomic E-state index is 0.0432. The zero-order chi connectivity index (χ0) is 23.2. The number of aliphatic hydroxyl groups excluding tert-OH is 1. The maximum absolute atomic E-state index is 13.0. The molecule has 3 unspecified atom stereocenters. The lowest BCUT2D eigenvalue weighted by atomic mass is 9.94. The fourth-order valence-corrected chi connectivity index (χ4v) is 6.04. The second kappa shape index (κ2) is 11.5. The van der Waals surface area contributed by atoms with Crippen molar-refractivity contribution in [3.8, 4) is 0 Å². The van der Waals surface area contributed by atoms with E-state index >= 15 is 0 Å². The lowest BCUT2D eigenvalue weighted by Crippen LogP contribution is -2.49. The van der Waals surface area contributed by atoms with Gasteiger partial charge in [-0.05, 0) is 41.8 Å². The Hall–Kier alpha value is -1.83. The van der Waals surface area contributed by atoms with E-state index < -0.39 is 0 Å². The highest BCUT2D eigenvalue weighted by Crippen LogP contribution is 2.43. The number of halogens is 1. The van der Waals surface area contributed by atoms with E-state index in [1.807, 2.05) is 54.2 Å². The van der Waals surface area contributed by atoms with Gasteiger partial charge in [0.05, 0.1) is 18.0 Å². The molecule has 0 spiro atoms. The number of carbonyl (C=O) groups excluding carboxylic acids is 1. The van der Waals surface area contributed by atoms with E-state index in [-0.39, 0.29) is 23.9 Å². The first-order chi connectivity index (χ1) is 16.1. The van der Waals surface area contributed by atoms with Crippen LogP contribution in [0, 0.1) is 0 Å². The predicted octanol–water partition coefficient (Wildman–Crippen LogP) is 4.20. The fraction of sp³-hybridized carbons (Fsp3) is 0.423. The monoisotopic (exact) mass is 485 g/mol. The van der Waals surface area contributed by atoms with Gasteiger partial charge in [0.15, 0.2) is 0 Å². The molecule has 3 atom stereocenters. The van der Waals surface area contributed by atoms with Crippen LogP contribution in [0.3, 0.4) is 0 Å². The Labute approximate surface area is 205 Å². The van der Waals surface area contributed by atoms with Crippen molar-refractivity contribution in [1.29, 1.82) is 0 Å². The second-order valence-corrected chi connectivity index (χ2v) is 10.3. The van der Waals surface area contributed by atoms with Gasteiger partial charge in [0.2, 0.25) is 0 Å². The lowest BCUT2D eigenvalue weighted by Gasteiger charge is -2.41. The number of nitrogens with one attached hydrogen (secondary N) is 1. The molecule has 4 rings (SSSR count). The highest BCUT2D eigenvalue weighted by atomic mass is 35.5. The topological polar surface area (TPSA) is 55.8 Å². The number of nitrogens with zero attached hydrogens (tertiary/aromatic N) is 2. The Bertz CT molecular complexity index is 946. The molecule has 2 aromatic carbocycles. The van der Waals surface area contributed by atoms with Gasteiger partial charge < -0.3 is 10.4 Å². The zero-order valence-electron chi connectivity index (χ0n) is 19.0. The van der Waals surface area contributed by atoms with Gasteiger partial charge in [0.1, 0.15) is 0 Å². The number of hydrogen-bond donors (Lipinski definition) is 2. The van der Waals surface area contributed by atoms with Gasteiger partial charge in [-0.15, -0.1) is 11.8 Å². The number of amides is 1. The van der Waals surface area contributed by atoms with Crippen molar-refractivity contribution in [1.82, 2.24) is 15.1 Å². The summed E-state index contributed by atoms with van der Waals surface area (Å²) in [6, 6.07) is 17.6. The Morgan fingerprint density at radius 1 is 1.12 bits per heavy atom. The van der Waals surface area contributed by atoms with Crippen molar-refractivity contribution in [2.45, 2.75) is 30.0 Å². The van der Waals surface area contributed by atoms with Crippen molar-refractivity contribution in [2.24, 2.45) is 0 Å². The number of carbonyl (C=O) groups is 1. The molecule has 2 aliphatic heterocycles. The van der Waals surface area contributed by atoms with Gasteiger partial charge >= 0.3 is 0 Å². The molecule has 1 amide bonds. The molecule has 1 fully saturated rings. The first-order valence-corrected chi connectivity index (χ1v) is 13.0. The summed E-state index contributed by atoms with van der Waals surface area (Å²) in [5.41, 5.74) is 3.12. The van der Waals surface area contributed by atoms with E-state index in [4.69, 9.17) is 11.6 Å². The molecule has 0 saturated carbocycles. The van der Waals surface area contributed by atoms with Gasteiger partial charge in [0, 0.05) is 48.6 Å². The molecular formula is C26H32ClN3O2S. The van der Waals surface area contributed by atoms with Gasteiger partial charge in [-0.25, -0.2) is 0 Å². The molecule has 0 bridgehead atoms. The molecule has 5 nitrogen and oxygen atoms in total. The number of aliphatic hydroxyl groups is 1. The van der Waals surface area contributed by atoms with Crippen LogP contribution >= 0.6 is 23.4 Å². The van der Waals surface area contributed by atoms with Gasteiger partial charge in [-0.3, -0.25) is 14.6 Å². The normalized spacial score (nSPS) is 22.7. The van der Waals surface area contributed by atoms with Crippen LogP contribution in [-0.4, -0.2) is 70.8 Å². The van der Waals surface area contributed by atoms with E-state index in [9.17, 15) is 9.90 Å². The van der Waals surface area contributed by atoms with Crippen LogP contribution in [0.5, 0.6) is 0 Å². The molecule has 2 heterocycles. The lowest BCUT2D eigenvalue weighted by molar-refractivity contribution is 0.0900. The van der Waals surface area contributed by atoms with Crippen LogP contribution < -0.4 is 5.32 Å². The Kier molecular flexibility index (Phi) is 8.50. The first kappa shape index (κ1) is 24.3. The van der Waals surface area contributed by atoms with E-state index in [1.54, 1.807) is 0 Å². The molecule has 2 N–H and O–H groups in total. The van der Waals surface area contributed by atoms with Gasteiger partial charge in [-0.2, -0.15) is 0 Å². The van der Waals surface area contributed by atoms with Crippen LogP contribution in [0.25, 0.3) is 0 Å². The van der Waals surface area contributed by atoms with Crippen molar-refractivity contribution in [3.63, 3.8) is 0 Å². The molecule has 0 aromatic heterocycles. The number of hydrogen-bond acceptors (Lipinski definition) is 5. The Morgan fingerprint density at radius 2 is 1.82 bits per heavy atom. The van der Waals surface area contributed by atoms with E-state index in [0.717, 1.165) is 37.6 Å². The number of rotatable bonds is 8. The first-order valence-electron chi connectivity index (χ1n) is 11.6. The Morgan fingerprint density at radius 3 is 2.45 bits per heavy atom. The molecule has 0 aliphatic carbocycles. The summed E-state index contributed by atoms with van der Waals surface area (Å²) in [7, 11) is 0. The number of thioether (sulfide) groups is 1. The Balaban J connectivity index is 1.61. The SMILES string of the molecule is CCC1C=C(C(c2ccc(Cl)cc2)N2CCN(CCO)CC2)C(NC(=O)c2ccccc2)S1. The van der Waals surface area contributed by atoms with Gasteiger partial charge in [-0.1, -0.05) is 54.9 Å². The highest BCUT2D eigenvalue weighted by molar-refractivity contribution is 8.01. The average Bonchev–Trinajstić information content (AvgIpc) is 3.24. The largest absolute Gasteiger partial charge is 0.395 e.